The molecule has 0 spiro atoms. The fourth-order valence-electron chi connectivity index (χ4n) is 4.38. The van der Waals surface area contributed by atoms with Crippen LogP contribution < -0.4 is 19.7 Å². The van der Waals surface area contributed by atoms with Crippen LogP contribution in [0.5, 0.6) is 11.5 Å². The first-order valence-corrected chi connectivity index (χ1v) is 11.4. The number of benzene rings is 2. The van der Waals surface area contributed by atoms with Crippen molar-refractivity contribution in [2.75, 3.05) is 25.7 Å². The number of methoxy groups -OCH3 is 2. The number of amides is 1. The number of nitrogens with zero attached hydrogens (tertiary/aromatic N) is 1. The first kappa shape index (κ1) is 21.2. The topological polar surface area (TPSA) is 50.8 Å². The third-order valence-electron chi connectivity index (χ3n) is 6.10. The van der Waals surface area contributed by atoms with E-state index >= 15 is 0 Å². The summed E-state index contributed by atoms with van der Waals surface area (Å²) in [6.07, 6.45) is 5.81. The Morgan fingerprint density at radius 2 is 1.93 bits per heavy atom. The van der Waals surface area contributed by atoms with Gasteiger partial charge in [0.05, 0.1) is 20.3 Å². The van der Waals surface area contributed by atoms with E-state index in [2.05, 4.69) is 21.2 Å². The number of nitrogens with one attached hydrogen (secondary N) is 1. The lowest BCUT2D eigenvalue weighted by Crippen LogP contribution is -2.51. The van der Waals surface area contributed by atoms with Crippen LogP contribution in [0.2, 0.25) is 0 Å². The molecule has 1 N–H and O–H groups in total. The van der Waals surface area contributed by atoms with Gasteiger partial charge in [0.2, 0.25) is 0 Å². The van der Waals surface area contributed by atoms with Gasteiger partial charge in [0.1, 0.15) is 0 Å². The summed E-state index contributed by atoms with van der Waals surface area (Å²) in [4.78, 5) is 15.9. The summed E-state index contributed by atoms with van der Waals surface area (Å²) in [5, 5.41) is 3.65. The van der Waals surface area contributed by atoms with Gasteiger partial charge >= 0.3 is 0 Å². The average molecular weight is 473 g/mol. The van der Waals surface area contributed by atoms with Gasteiger partial charge in [0, 0.05) is 21.8 Å². The van der Waals surface area contributed by atoms with E-state index in [-0.39, 0.29) is 11.9 Å². The van der Waals surface area contributed by atoms with Crippen LogP contribution in [0.15, 0.2) is 46.9 Å². The molecule has 6 heteroatoms. The molecule has 0 radical (unpaired) electrons. The largest absolute Gasteiger partial charge is 0.493 e. The third-order valence-corrected chi connectivity index (χ3v) is 6.60. The molecule has 0 aromatic heterocycles. The first-order valence-electron chi connectivity index (χ1n) is 10.6. The van der Waals surface area contributed by atoms with E-state index in [1.165, 1.54) is 12.8 Å². The van der Waals surface area contributed by atoms with E-state index < -0.39 is 0 Å². The molecule has 2 aromatic rings. The highest BCUT2D eigenvalue weighted by atomic mass is 79.9. The molecule has 2 unspecified atom stereocenters. The van der Waals surface area contributed by atoms with E-state index in [4.69, 9.17) is 9.47 Å². The van der Waals surface area contributed by atoms with Crippen LogP contribution in [-0.2, 0) is 0 Å². The monoisotopic (exact) mass is 472 g/mol. The van der Waals surface area contributed by atoms with Gasteiger partial charge in [0.25, 0.3) is 5.91 Å². The molecule has 1 heterocycles. The van der Waals surface area contributed by atoms with Gasteiger partial charge < -0.3 is 19.7 Å². The van der Waals surface area contributed by atoms with Crippen molar-refractivity contribution in [3.05, 3.63) is 52.5 Å². The molecule has 2 aliphatic rings. The van der Waals surface area contributed by atoms with E-state index in [0.29, 0.717) is 29.0 Å². The molecular formula is C24H29BrN2O3. The lowest BCUT2D eigenvalue weighted by atomic mass is 9.96. The van der Waals surface area contributed by atoms with Crippen LogP contribution in [-0.4, -0.2) is 38.8 Å². The Hall–Kier alpha value is -2.05. The Labute approximate surface area is 186 Å². The fourth-order valence-corrected chi connectivity index (χ4v) is 4.77. The molecule has 30 heavy (non-hydrogen) atoms. The highest BCUT2D eigenvalue weighted by Crippen LogP contribution is 2.39. The average Bonchev–Trinajstić information content (AvgIpc) is 3.42. The van der Waals surface area contributed by atoms with Crippen molar-refractivity contribution in [1.82, 2.24) is 5.32 Å². The predicted octanol–water partition coefficient (Wildman–Crippen LogP) is 5.03. The van der Waals surface area contributed by atoms with Crippen molar-refractivity contribution in [3.8, 4) is 11.5 Å². The maximum atomic E-state index is 13.9. The molecule has 0 bridgehead atoms. The normalized spacial score (nSPS) is 19.4. The quantitative estimate of drug-likeness (QED) is 0.584. The van der Waals surface area contributed by atoms with Gasteiger partial charge in [-0.25, -0.2) is 0 Å². The summed E-state index contributed by atoms with van der Waals surface area (Å²) < 4.78 is 11.8. The lowest BCUT2D eigenvalue weighted by Gasteiger charge is -2.36. The number of hydrogen-bond donors (Lipinski definition) is 1. The van der Waals surface area contributed by atoms with Crippen LogP contribution in [0.3, 0.4) is 0 Å². The highest BCUT2D eigenvalue weighted by molar-refractivity contribution is 9.10. The van der Waals surface area contributed by atoms with Gasteiger partial charge in [-0.2, -0.15) is 0 Å². The number of anilines is 1. The van der Waals surface area contributed by atoms with E-state index in [1.807, 2.05) is 35.2 Å². The first-order chi connectivity index (χ1) is 14.6. The molecule has 1 aliphatic heterocycles. The third kappa shape index (κ3) is 4.65. The zero-order chi connectivity index (χ0) is 21.1. The SMILES string of the molecule is COc1ccc(C(=O)N(c2cccc(Br)c2)C(CC2CC2)C2CCCN2)cc1OC. The molecule has 1 saturated heterocycles. The van der Waals surface area contributed by atoms with Gasteiger partial charge in [-0.1, -0.05) is 34.8 Å². The summed E-state index contributed by atoms with van der Waals surface area (Å²) in [6, 6.07) is 13.9. The second-order valence-corrected chi connectivity index (χ2v) is 9.09. The van der Waals surface area contributed by atoms with Crippen LogP contribution in [0.25, 0.3) is 0 Å². The minimum Gasteiger partial charge on any atom is -0.493 e. The molecule has 5 nitrogen and oxygen atoms in total. The van der Waals surface area contributed by atoms with E-state index in [0.717, 1.165) is 36.0 Å². The molecule has 1 saturated carbocycles. The van der Waals surface area contributed by atoms with Gasteiger partial charge in [0.15, 0.2) is 11.5 Å². The minimum absolute atomic E-state index is 0.00611. The number of carbonyl (C=O) groups excluding carboxylic acids is 1. The molecule has 2 aromatic carbocycles. The molecule has 1 amide bonds. The van der Waals surface area contributed by atoms with E-state index in [1.54, 1.807) is 26.4 Å². The van der Waals surface area contributed by atoms with Crippen LogP contribution in [0.4, 0.5) is 5.69 Å². The summed E-state index contributed by atoms with van der Waals surface area (Å²) >= 11 is 3.58. The molecule has 1 aliphatic carbocycles. The number of carbonyl (C=O) groups is 1. The Morgan fingerprint density at radius 3 is 2.57 bits per heavy atom. The van der Waals surface area contributed by atoms with Crippen molar-refractivity contribution in [2.24, 2.45) is 5.92 Å². The van der Waals surface area contributed by atoms with E-state index in [9.17, 15) is 4.79 Å². The Morgan fingerprint density at radius 1 is 1.13 bits per heavy atom. The smallest absolute Gasteiger partial charge is 0.258 e. The Kier molecular flexibility index (Phi) is 6.64. The van der Waals surface area contributed by atoms with Crippen LogP contribution in [0.1, 0.15) is 42.5 Å². The van der Waals surface area contributed by atoms with Crippen molar-refractivity contribution in [2.45, 2.75) is 44.2 Å². The van der Waals surface area contributed by atoms with Crippen LogP contribution >= 0.6 is 15.9 Å². The molecule has 4 rings (SSSR count). The van der Waals surface area contributed by atoms with Crippen molar-refractivity contribution >= 4 is 27.5 Å². The van der Waals surface area contributed by atoms with Gasteiger partial charge in [-0.15, -0.1) is 0 Å². The summed E-state index contributed by atoms with van der Waals surface area (Å²) in [5.41, 5.74) is 1.52. The number of hydrogen-bond acceptors (Lipinski definition) is 4. The summed E-state index contributed by atoms with van der Waals surface area (Å²) in [5.74, 6) is 1.89. The fraction of sp³-hybridized carbons (Fsp3) is 0.458. The van der Waals surface area contributed by atoms with Crippen molar-refractivity contribution in [3.63, 3.8) is 0 Å². The zero-order valence-electron chi connectivity index (χ0n) is 17.6. The minimum atomic E-state index is -0.00611. The van der Waals surface area contributed by atoms with Crippen molar-refractivity contribution < 1.29 is 14.3 Å². The standard InChI is InChI=1S/C24H29BrN2O3/c1-29-22-11-10-17(14-23(22)30-2)24(28)27(19-6-3-5-18(25)15-19)21(13-16-8-9-16)20-7-4-12-26-20/h3,5-6,10-11,14-16,20-21,26H,4,7-9,12-13H2,1-2H3. The van der Waals surface area contributed by atoms with Gasteiger partial charge in [-0.3, -0.25) is 4.79 Å². The second-order valence-electron chi connectivity index (χ2n) is 8.17. The second kappa shape index (κ2) is 9.40. The lowest BCUT2D eigenvalue weighted by molar-refractivity contribution is 0.0968. The van der Waals surface area contributed by atoms with Crippen LogP contribution in [0, 0.1) is 5.92 Å². The molecule has 2 fully saturated rings. The molecule has 160 valence electrons. The maximum absolute atomic E-state index is 13.9. The van der Waals surface area contributed by atoms with Crippen molar-refractivity contribution in [1.29, 1.82) is 0 Å². The Balaban J connectivity index is 1.75. The molecule has 2 atom stereocenters. The van der Waals surface area contributed by atoms with Gasteiger partial charge in [-0.05, 0) is 68.1 Å². The Bertz CT molecular complexity index is 894. The number of rotatable bonds is 8. The summed E-state index contributed by atoms with van der Waals surface area (Å²) in [6.45, 7) is 1.02. The predicted molar refractivity (Wildman–Crippen MR) is 123 cm³/mol. The summed E-state index contributed by atoms with van der Waals surface area (Å²) in [7, 11) is 3.20. The number of ether oxygens (including phenoxy) is 2. The highest BCUT2D eigenvalue weighted by Gasteiger charge is 2.38. The maximum Gasteiger partial charge on any atom is 0.258 e. The number of halogens is 1. The zero-order valence-corrected chi connectivity index (χ0v) is 19.2. The molecular weight excluding hydrogens is 444 g/mol.